The zero-order valence-electron chi connectivity index (χ0n) is 15.1. The van der Waals surface area contributed by atoms with Crippen LogP contribution in [0, 0.1) is 5.92 Å². The van der Waals surface area contributed by atoms with Gasteiger partial charge in [-0.2, -0.15) is 0 Å². The molecule has 0 atom stereocenters. The number of piperidine rings is 1. The maximum absolute atomic E-state index is 12.7. The molecule has 6 nitrogen and oxygen atoms in total. The summed E-state index contributed by atoms with van der Waals surface area (Å²) < 4.78 is 0. The van der Waals surface area contributed by atoms with Gasteiger partial charge in [0.2, 0.25) is 5.91 Å². The Hall–Kier alpha value is -2.37. The molecule has 3 aliphatic heterocycles. The van der Waals surface area contributed by atoms with Gasteiger partial charge in [-0.05, 0) is 37.3 Å². The Labute approximate surface area is 154 Å². The molecule has 2 fully saturated rings. The number of carbonyl (C=O) groups excluding carboxylic acids is 2. The number of pyridine rings is 1. The Kier molecular flexibility index (Phi) is 4.91. The fourth-order valence-electron chi connectivity index (χ4n) is 4.07. The molecule has 3 aliphatic rings. The van der Waals surface area contributed by atoms with E-state index in [0.29, 0.717) is 23.8 Å². The van der Waals surface area contributed by atoms with Gasteiger partial charge < -0.3 is 14.7 Å². The zero-order chi connectivity index (χ0) is 17.9. The summed E-state index contributed by atoms with van der Waals surface area (Å²) in [4.78, 5) is 35.1. The van der Waals surface area contributed by atoms with Crippen molar-refractivity contribution >= 4 is 17.6 Å². The molecular formula is C20H26N4O2. The topological polar surface area (TPSA) is 56.8 Å². The van der Waals surface area contributed by atoms with Crippen molar-refractivity contribution in [2.24, 2.45) is 5.92 Å². The van der Waals surface area contributed by atoms with Gasteiger partial charge in [-0.15, -0.1) is 0 Å². The molecule has 0 unspecified atom stereocenters. The Morgan fingerprint density at radius 2 is 1.88 bits per heavy atom. The molecule has 0 bridgehead atoms. The highest BCUT2D eigenvalue weighted by atomic mass is 16.2. The van der Waals surface area contributed by atoms with Crippen molar-refractivity contribution in [1.82, 2.24) is 14.8 Å². The summed E-state index contributed by atoms with van der Waals surface area (Å²) in [6.07, 6.45) is 9.59. The molecule has 2 amide bonds. The lowest BCUT2D eigenvalue weighted by Gasteiger charge is -2.34. The lowest BCUT2D eigenvalue weighted by Crippen LogP contribution is -2.41. The van der Waals surface area contributed by atoms with Crippen LogP contribution in [0.4, 0.5) is 5.82 Å². The molecule has 4 heterocycles. The maximum Gasteiger partial charge on any atom is 0.255 e. The average Bonchev–Trinajstić information content (AvgIpc) is 3.35. The lowest BCUT2D eigenvalue weighted by atomic mass is 9.96. The van der Waals surface area contributed by atoms with E-state index in [-0.39, 0.29) is 5.91 Å². The molecule has 0 aliphatic carbocycles. The molecule has 0 spiro atoms. The van der Waals surface area contributed by atoms with Crippen LogP contribution < -0.4 is 4.90 Å². The highest BCUT2D eigenvalue weighted by Gasteiger charge is 2.28. The van der Waals surface area contributed by atoms with Crippen LogP contribution in [-0.4, -0.2) is 65.9 Å². The predicted octanol–water partition coefficient (Wildman–Crippen LogP) is 1.93. The lowest BCUT2D eigenvalue weighted by molar-refractivity contribution is -0.128. The van der Waals surface area contributed by atoms with Gasteiger partial charge in [0.25, 0.3) is 5.91 Å². The number of carbonyl (C=O) groups is 2. The highest BCUT2D eigenvalue weighted by Crippen LogP contribution is 2.23. The average molecular weight is 354 g/mol. The minimum Gasteiger partial charge on any atom is -0.349 e. The quantitative estimate of drug-likeness (QED) is 0.776. The Balaban J connectivity index is 1.29. The van der Waals surface area contributed by atoms with Gasteiger partial charge >= 0.3 is 0 Å². The summed E-state index contributed by atoms with van der Waals surface area (Å²) in [5.41, 5.74) is 0.661. The van der Waals surface area contributed by atoms with Crippen LogP contribution in [0.25, 0.3) is 0 Å². The van der Waals surface area contributed by atoms with E-state index in [1.54, 1.807) is 6.20 Å². The van der Waals surface area contributed by atoms with Crippen molar-refractivity contribution in [2.75, 3.05) is 44.2 Å². The predicted molar refractivity (Wildman–Crippen MR) is 100 cm³/mol. The van der Waals surface area contributed by atoms with E-state index in [0.717, 1.165) is 64.3 Å². The summed E-state index contributed by atoms with van der Waals surface area (Å²) in [5.74, 6) is 1.80. The van der Waals surface area contributed by atoms with Crippen LogP contribution in [0.15, 0.2) is 30.5 Å². The fourth-order valence-corrected chi connectivity index (χ4v) is 4.07. The van der Waals surface area contributed by atoms with E-state index in [9.17, 15) is 9.59 Å². The van der Waals surface area contributed by atoms with Crippen LogP contribution in [-0.2, 0) is 4.79 Å². The summed E-state index contributed by atoms with van der Waals surface area (Å²) >= 11 is 0. The molecule has 0 radical (unpaired) electrons. The van der Waals surface area contributed by atoms with Crippen molar-refractivity contribution in [3.8, 4) is 0 Å². The van der Waals surface area contributed by atoms with Gasteiger partial charge in [0.1, 0.15) is 5.82 Å². The first kappa shape index (κ1) is 17.1. The number of anilines is 1. The Bertz CT molecular complexity index is 684. The summed E-state index contributed by atoms with van der Waals surface area (Å²) in [6, 6.07) is 3.82. The second-order valence-corrected chi connectivity index (χ2v) is 7.46. The second-order valence-electron chi connectivity index (χ2n) is 7.46. The SMILES string of the molecule is O=C1CCCN1CC1CCN(C(=O)c2ccc(N3CC=CC3)nc2)CC1. The second kappa shape index (κ2) is 7.48. The van der Waals surface area contributed by atoms with Crippen LogP contribution >= 0.6 is 0 Å². The molecule has 138 valence electrons. The van der Waals surface area contributed by atoms with Crippen molar-refractivity contribution in [3.05, 3.63) is 36.0 Å². The summed E-state index contributed by atoms with van der Waals surface area (Å²) in [7, 11) is 0. The van der Waals surface area contributed by atoms with E-state index in [1.165, 1.54) is 0 Å². The first-order chi connectivity index (χ1) is 12.7. The molecular weight excluding hydrogens is 328 g/mol. The van der Waals surface area contributed by atoms with E-state index in [2.05, 4.69) is 22.0 Å². The van der Waals surface area contributed by atoms with Gasteiger partial charge in [-0.1, -0.05) is 12.2 Å². The van der Waals surface area contributed by atoms with Crippen molar-refractivity contribution in [3.63, 3.8) is 0 Å². The standard InChI is InChI=1S/C20H26N4O2/c25-19-4-3-11-24(19)15-16-7-12-23(13-8-16)20(26)17-5-6-18(21-14-17)22-9-1-2-10-22/h1-2,5-6,14,16H,3-4,7-13,15H2. The molecule has 0 saturated carbocycles. The number of rotatable bonds is 4. The van der Waals surface area contributed by atoms with Gasteiger partial charge in [-0.3, -0.25) is 9.59 Å². The first-order valence-electron chi connectivity index (χ1n) is 9.64. The third-order valence-corrected chi connectivity index (χ3v) is 5.69. The smallest absolute Gasteiger partial charge is 0.255 e. The number of likely N-dealkylation sites (tertiary alicyclic amines) is 2. The first-order valence-corrected chi connectivity index (χ1v) is 9.64. The number of nitrogens with zero attached hydrogens (tertiary/aromatic N) is 4. The third-order valence-electron chi connectivity index (χ3n) is 5.69. The van der Waals surface area contributed by atoms with Crippen LogP contribution in [0.1, 0.15) is 36.0 Å². The van der Waals surface area contributed by atoms with E-state index >= 15 is 0 Å². The minimum absolute atomic E-state index is 0.0688. The molecule has 26 heavy (non-hydrogen) atoms. The Morgan fingerprint density at radius 1 is 1.12 bits per heavy atom. The highest BCUT2D eigenvalue weighted by molar-refractivity contribution is 5.94. The molecule has 2 saturated heterocycles. The normalized spacial score (nSPS) is 21.1. The van der Waals surface area contributed by atoms with Crippen molar-refractivity contribution < 1.29 is 9.59 Å². The van der Waals surface area contributed by atoms with Gasteiger partial charge in [0.15, 0.2) is 0 Å². The maximum atomic E-state index is 12.7. The van der Waals surface area contributed by atoms with Crippen molar-refractivity contribution in [1.29, 1.82) is 0 Å². The van der Waals surface area contributed by atoms with E-state index in [4.69, 9.17) is 0 Å². The molecule has 1 aromatic rings. The zero-order valence-corrected chi connectivity index (χ0v) is 15.1. The van der Waals surface area contributed by atoms with Gasteiger partial charge in [0.05, 0.1) is 5.56 Å². The van der Waals surface area contributed by atoms with E-state index < -0.39 is 0 Å². The third kappa shape index (κ3) is 3.59. The molecule has 4 rings (SSSR count). The molecule has 0 aromatic carbocycles. The van der Waals surface area contributed by atoms with E-state index in [1.807, 2.05) is 21.9 Å². The number of amides is 2. The molecule has 0 N–H and O–H groups in total. The fraction of sp³-hybridized carbons (Fsp3) is 0.550. The van der Waals surface area contributed by atoms with Crippen molar-refractivity contribution in [2.45, 2.75) is 25.7 Å². The minimum atomic E-state index is 0.0688. The summed E-state index contributed by atoms with van der Waals surface area (Å²) in [6.45, 7) is 5.07. The summed E-state index contributed by atoms with van der Waals surface area (Å²) in [5, 5.41) is 0. The van der Waals surface area contributed by atoms with Gasteiger partial charge in [-0.25, -0.2) is 4.98 Å². The van der Waals surface area contributed by atoms with Crippen LogP contribution in [0.2, 0.25) is 0 Å². The Morgan fingerprint density at radius 3 is 2.50 bits per heavy atom. The van der Waals surface area contributed by atoms with Crippen LogP contribution in [0.5, 0.6) is 0 Å². The molecule has 1 aromatic heterocycles. The number of aromatic nitrogens is 1. The largest absolute Gasteiger partial charge is 0.349 e. The number of hydrogen-bond donors (Lipinski definition) is 0. The van der Waals surface area contributed by atoms with Gasteiger partial charge in [0, 0.05) is 51.9 Å². The molecule has 6 heteroatoms. The monoisotopic (exact) mass is 354 g/mol. The van der Waals surface area contributed by atoms with Crippen LogP contribution in [0.3, 0.4) is 0 Å². The number of hydrogen-bond acceptors (Lipinski definition) is 4.